The smallest absolute Gasteiger partial charge is 0.337 e. The van der Waals surface area contributed by atoms with Crippen molar-refractivity contribution in [2.24, 2.45) is 0 Å². The number of methoxy groups -OCH3 is 1. The number of nitrogens with one attached hydrogen (secondary N) is 1. The number of carbonyl (C=O) groups is 2. The number of para-hydroxylation sites is 1. The van der Waals surface area contributed by atoms with E-state index < -0.39 is 17.5 Å². The molecule has 0 aliphatic rings. The van der Waals surface area contributed by atoms with Gasteiger partial charge in [0.25, 0.3) is 0 Å². The molecule has 5 nitrogen and oxygen atoms in total. The van der Waals surface area contributed by atoms with Gasteiger partial charge in [0.05, 0.1) is 12.7 Å². The van der Waals surface area contributed by atoms with Crippen molar-refractivity contribution in [1.82, 2.24) is 0 Å². The van der Waals surface area contributed by atoms with E-state index in [1.807, 2.05) is 30.3 Å². The lowest BCUT2D eigenvalue weighted by Gasteiger charge is -2.27. The molecule has 0 amide bonds. The lowest BCUT2D eigenvalue weighted by Crippen LogP contribution is -2.45. The number of rotatable bonds is 6. The molecule has 0 aromatic heterocycles. The molecule has 0 radical (unpaired) electrons. The summed E-state index contributed by atoms with van der Waals surface area (Å²) in [5.41, 5.74) is 0.826. The monoisotopic (exact) mass is 313 g/mol. The van der Waals surface area contributed by atoms with E-state index in [9.17, 15) is 14.7 Å². The third kappa shape index (κ3) is 4.10. The first-order valence-corrected chi connectivity index (χ1v) is 7.18. The first kappa shape index (κ1) is 16.5. The number of esters is 1. The molecule has 2 rings (SSSR count). The van der Waals surface area contributed by atoms with Crippen LogP contribution in [0.25, 0.3) is 0 Å². The second kappa shape index (κ2) is 6.96. The Morgan fingerprint density at radius 3 is 2.22 bits per heavy atom. The third-order valence-electron chi connectivity index (χ3n) is 3.60. The molecule has 2 aromatic carbocycles. The Labute approximate surface area is 134 Å². The van der Waals surface area contributed by atoms with E-state index in [2.05, 4.69) is 10.1 Å². The van der Waals surface area contributed by atoms with Crippen LogP contribution in [0.1, 0.15) is 22.8 Å². The Hall–Kier alpha value is -2.82. The average molecular weight is 313 g/mol. The van der Waals surface area contributed by atoms with Crippen LogP contribution in [0, 0.1) is 0 Å². The molecule has 23 heavy (non-hydrogen) atoms. The van der Waals surface area contributed by atoms with Crippen molar-refractivity contribution in [2.75, 3.05) is 12.4 Å². The van der Waals surface area contributed by atoms with Crippen LogP contribution in [0.3, 0.4) is 0 Å². The van der Waals surface area contributed by atoms with Gasteiger partial charge in [0, 0.05) is 12.1 Å². The summed E-state index contributed by atoms with van der Waals surface area (Å²) in [6, 6.07) is 15.9. The van der Waals surface area contributed by atoms with E-state index in [4.69, 9.17) is 0 Å². The number of ether oxygens (including phenoxy) is 1. The van der Waals surface area contributed by atoms with Crippen LogP contribution < -0.4 is 5.32 Å². The second-order valence-electron chi connectivity index (χ2n) is 5.49. The Bertz CT molecular complexity index is 682. The van der Waals surface area contributed by atoms with Crippen LogP contribution in [0.2, 0.25) is 0 Å². The third-order valence-corrected chi connectivity index (χ3v) is 3.60. The van der Waals surface area contributed by atoms with Gasteiger partial charge in [-0.25, -0.2) is 9.59 Å². The molecule has 0 saturated carbocycles. The molecule has 0 fully saturated rings. The molecule has 0 heterocycles. The molecule has 0 spiro atoms. The highest BCUT2D eigenvalue weighted by molar-refractivity contribution is 5.89. The number of aliphatic carboxylic acids is 1. The van der Waals surface area contributed by atoms with Crippen molar-refractivity contribution in [1.29, 1.82) is 0 Å². The predicted molar refractivity (Wildman–Crippen MR) is 87.6 cm³/mol. The molecule has 0 aliphatic carbocycles. The number of carboxylic acid groups (broad SMARTS) is 1. The normalized spacial score (nSPS) is 13.0. The summed E-state index contributed by atoms with van der Waals surface area (Å²) in [4.78, 5) is 23.1. The summed E-state index contributed by atoms with van der Waals surface area (Å²) in [5, 5.41) is 12.7. The van der Waals surface area contributed by atoms with Gasteiger partial charge < -0.3 is 15.2 Å². The van der Waals surface area contributed by atoms with E-state index in [1.165, 1.54) is 7.11 Å². The molecular weight excluding hydrogens is 294 g/mol. The first-order valence-electron chi connectivity index (χ1n) is 7.18. The molecule has 0 bridgehead atoms. The lowest BCUT2D eigenvalue weighted by atomic mass is 9.92. The highest BCUT2D eigenvalue weighted by atomic mass is 16.5. The fraction of sp³-hybridized carbons (Fsp3) is 0.222. The van der Waals surface area contributed by atoms with Gasteiger partial charge in [-0.05, 0) is 36.8 Å². The van der Waals surface area contributed by atoms with E-state index in [0.29, 0.717) is 5.56 Å². The summed E-state index contributed by atoms with van der Waals surface area (Å²) >= 11 is 0. The molecule has 0 aliphatic heterocycles. The van der Waals surface area contributed by atoms with E-state index in [-0.39, 0.29) is 6.42 Å². The standard InChI is InChI=1S/C18H19NO4/c1-18(17(21)22,19-15-6-4-3-5-7-15)12-13-8-10-14(11-9-13)16(20)23-2/h3-11,19H,12H2,1-2H3,(H,21,22)/t18-/m0/s1. The van der Waals surface area contributed by atoms with E-state index >= 15 is 0 Å². The minimum absolute atomic E-state index is 0.276. The Balaban J connectivity index is 2.19. The fourth-order valence-electron chi connectivity index (χ4n) is 2.30. The zero-order chi connectivity index (χ0) is 16.9. The number of hydrogen-bond acceptors (Lipinski definition) is 4. The van der Waals surface area contributed by atoms with Gasteiger partial charge in [0.1, 0.15) is 5.54 Å². The molecule has 1 atom stereocenters. The van der Waals surface area contributed by atoms with Gasteiger partial charge in [-0.2, -0.15) is 0 Å². The van der Waals surface area contributed by atoms with Gasteiger partial charge in [-0.1, -0.05) is 30.3 Å². The van der Waals surface area contributed by atoms with Crippen molar-refractivity contribution in [3.05, 3.63) is 65.7 Å². The Morgan fingerprint density at radius 2 is 1.70 bits per heavy atom. The maximum Gasteiger partial charge on any atom is 0.337 e. The zero-order valence-corrected chi connectivity index (χ0v) is 13.1. The molecule has 0 saturated heterocycles. The van der Waals surface area contributed by atoms with Crippen LogP contribution in [0.4, 0.5) is 5.69 Å². The zero-order valence-electron chi connectivity index (χ0n) is 13.1. The van der Waals surface area contributed by atoms with Crippen molar-refractivity contribution < 1.29 is 19.4 Å². The summed E-state index contributed by atoms with van der Waals surface area (Å²) in [6.07, 6.45) is 0.276. The van der Waals surface area contributed by atoms with Crippen LogP contribution in [-0.4, -0.2) is 29.7 Å². The highest BCUT2D eigenvalue weighted by Gasteiger charge is 2.33. The van der Waals surface area contributed by atoms with Gasteiger partial charge in [0.15, 0.2) is 0 Å². The van der Waals surface area contributed by atoms with Crippen LogP contribution in [0.5, 0.6) is 0 Å². The number of carbonyl (C=O) groups excluding carboxylic acids is 1. The molecule has 2 aromatic rings. The summed E-state index contributed by atoms with van der Waals surface area (Å²) < 4.78 is 4.65. The van der Waals surface area contributed by atoms with Gasteiger partial charge in [-0.3, -0.25) is 0 Å². The van der Waals surface area contributed by atoms with Crippen LogP contribution in [-0.2, 0) is 16.0 Å². The van der Waals surface area contributed by atoms with Crippen LogP contribution >= 0.6 is 0 Å². The molecule has 120 valence electrons. The predicted octanol–water partition coefficient (Wildman–Crippen LogP) is 2.97. The van der Waals surface area contributed by atoms with Crippen molar-refractivity contribution in [3.8, 4) is 0 Å². The quantitative estimate of drug-likeness (QED) is 0.802. The maximum atomic E-state index is 11.7. The van der Waals surface area contributed by atoms with Gasteiger partial charge >= 0.3 is 11.9 Å². The fourth-order valence-corrected chi connectivity index (χ4v) is 2.30. The molecule has 2 N–H and O–H groups in total. The van der Waals surface area contributed by atoms with Crippen molar-refractivity contribution in [2.45, 2.75) is 18.9 Å². The summed E-state index contributed by atoms with van der Waals surface area (Å²) in [5.74, 6) is -1.36. The maximum absolute atomic E-state index is 11.7. The Kier molecular flexibility index (Phi) is 5.01. The number of carboxylic acids is 1. The summed E-state index contributed by atoms with van der Waals surface area (Å²) in [7, 11) is 1.32. The van der Waals surface area contributed by atoms with Gasteiger partial charge in [0.2, 0.25) is 0 Å². The first-order chi connectivity index (χ1) is 10.9. The molecule has 5 heteroatoms. The number of hydrogen-bond donors (Lipinski definition) is 2. The minimum Gasteiger partial charge on any atom is -0.480 e. The van der Waals surface area contributed by atoms with Gasteiger partial charge in [-0.15, -0.1) is 0 Å². The number of anilines is 1. The lowest BCUT2D eigenvalue weighted by molar-refractivity contribution is -0.141. The molecular formula is C18H19NO4. The average Bonchev–Trinajstić information content (AvgIpc) is 2.55. The summed E-state index contributed by atoms with van der Waals surface area (Å²) in [6.45, 7) is 1.64. The van der Waals surface area contributed by atoms with E-state index in [1.54, 1.807) is 31.2 Å². The second-order valence-corrected chi connectivity index (χ2v) is 5.49. The highest BCUT2D eigenvalue weighted by Crippen LogP contribution is 2.21. The van der Waals surface area contributed by atoms with E-state index in [0.717, 1.165) is 11.3 Å². The SMILES string of the molecule is COC(=O)c1ccc(C[C@](C)(Nc2ccccc2)C(=O)O)cc1. The van der Waals surface area contributed by atoms with Crippen molar-refractivity contribution >= 4 is 17.6 Å². The van der Waals surface area contributed by atoms with Crippen LogP contribution in [0.15, 0.2) is 54.6 Å². The minimum atomic E-state index is -1.16. The van der Waals surface area contributed by atoms with Crippen molar-refractivity contribution in [3.63, 3.8) is 0 Å². The largest absolute Gasteiger partial charge is 0.480 e. The number of benzene rings is 2. The topological polar surface area (TPSA) is 75.6 Å². The Morgan fingerprint density at radius 1 is 1.09 bits per heavy atom. The molecule has 0 unspecified atom stereocenters.